The van der Waals surface area contributed by atoms with Crippen molar-refractivity contribution in [1.82, 2.24) is 0 Å². The summed E-state index contributed by atoms with van der Waals surface area (Å²) in [7, 11) is -2.58. The lowest BCUT2D eigenvalue weighted by Crippen LogP contribution is -2.63. The molecule has 0 radical (unpaired) electrons. The summed E-state index contributed by atoms with van der Waals surface area (Å²) in [5.41, 5.74) is 2.28. The average molecular weight is 721 g/mol. The van der Waals surface area contributed by atoms with Gasteiger partial charge in [-0.3, -0.25) is 0 Å². The largest absolute Gasteiger partial charge is 0.411 e. The monoisotopic (exact) mass is 721 g/mol. The van der Waals surface area contributed by atoms with Crippen LogP contribution in [-0.4, -0.2) is 59.1 Å². The van der Waals surface area contributed by atoms with Crippen molar-refractivity contribution < 1.29 is 23.4 Å². The molecule has 3 saturated carbocycles. The van der Waals surface area contributed by atoms with Crippen LogP contribution in [0.3, 0.4) is 0 Å². The maximum Gasteiger partial charge on any atom is 0.192 e. The molecule has 0 aromatic carbocycles. The molecule has 4 unspecified atom stereocenters. The van der Waals surface area contributed by atoms with Crippen LogP contribution in [0, 0.1) is 23.2 Å². The van der Waals surface area contributed by atoms with E-state index in [0.29, 0.717) is 24.5 Å². The molecular formula is C42H80O5Si2. The third-order valence-corrected chi connectivity index (χ3v) is 23.3. The van der Waals surface area contributed by atoms with E-state index in [1.54, 1.807) is 12.7 Å². The summed E-state index contributed by atoms with van der Waals surface area (Å²) in [4.78, 5) is 0. The molecule has 0 aromatic heterocycles. The third kappa shape index (κ3) is 10.0. The van der Waals surface area contributed by atoms with Gasteiger partial charge in [-0.2, -0.15) is 0 Å². The van der Waals surface area contributed by atoms with Crippen LogP contribution < -0.4 is 0 Å². The first-order valence-electron chi connectivity index (χ1n) is 19.9. The molecule has 7 atom stereocenters. The van der Waals surface area contributed by atoms with Crippen LogP contribution >= 0.6 is 0 Å². The van der Waals surface area contributed by atoms with E-state index in [1.165, 1.54) is 50.5 Å². The van der Waals surface area contributed by atoms with E-state index in [4.69, 9.17) is 18.3 Å². The molecule has 1 N–H and O–H groups in total. The van der Waals surface area contributed by atoms with Gasteiger partial charge >= 0.3 is 0 Å². The van der Waals surface area contributed by atoms with Crippen LogP contribution in [0.5, 0.6) is 0 Å². The minimum atomic E-state index is -2.14. The number of fused-ring (bicyclic) bond motifs is 1. The van der Waals surface area contributed by atoms with E-state index in [0.717, 1.165) is 31.1 Å². The topological polar surface area (TPSA) is 57.2 Å². The zero-order valence-electron chi connectivity index (χ0n) is 35.1. The smallest absolute Gasteiger partial charge is 0.192 e. The summed E-state index contributed by atoms with van der Waals surface area (Å²) in [6.07, 6.45) is 16.7. The Kier molecular flexibility index (Phi) is 14.1. The minimum absolute atomic E-state index is 0.0669. The highest BCUT2D eigenvalue weighted by Gasteiger charge is 2.54. The molecule has 0 aliphatic heterocycles. The van der Waals surface area contributed by atoms with E-state index < -0.39 is 22.2 Å². The van der Waals surface area contributed by atoms with E-state index >= 15 is 0 Å². The van der Waals surface area contributed by atoms with Crippen molar-refractivity contribution in [3.05, 3.63) is 23.3 Å². The summed E-state index contributed by atoms with van der Waals surface area (Å²) in [5.74, 6) is 2.16. The summed E-state index contributed by atoms with van der Waals surface area (Å²) in [6, 6.07) is 0. The lowest BCUT2D eigenvalue weighted by molar-refractivity contribution is -0.148. The second-order valence-electron chi connectivity index (χ2n) is 20.3. The highest BCUT2D eigenvalue weighted by atomic mass is 28.4. The number of allylic oxidation sites excluding steroid dienone is 3. The van der Waals surface area contributed by atoms with Crippen LogP contribution in [-0.2, 0) is 18.3 Å². The minimum Gasteiger partial charge on any atom is -0.411 e. The summed E-state index contributed by atoms with van der Waals surface area (Å²) in [5, 5.41) is 12.6. The van der Waals surface area contributed by atoms with Gasteiger partial charge in [-0.25, -0.2) is 0 Å². The van der Waals surface area contributed by atoms with E-state index in [1.807, 2.05) is 0 Å². The van der Waals surface area contributed by atoms with Crippen molar-refractivity contribution in [3.8, 4) is 0 Å². The predicted octanol–water partition coefficient (Wildman–Crippen LogP) is 12.0. The Balaban J connectivity index is 1.87. The molecule has 49 heavy (non-hydrogen) atoms. The van der Waals surface area contributed by atoms with Gasteiger partial charge in [0.2, 0.25) is 0 Å². The Morgan fingerprint density at radius 1 is 0.898 bits per heavy atom. The van der Waals surface area contributed by atoms with Crippen molar-refractivity contribution in [2.75, 3.05) is 13.9 Å². The summed E-state index contributed by atoms with van der Waals surface area (Å²) in [6.45, 7) is 35.1. The zero-order chi connectivity index (χ0) is 37.3. The zero-order valence-corrected chi connectivity index (χ0v) is 37.1. The van der Waals surface area contributed by atoms with E-state index in [-0.39, 0.29) is 27.9 Å². The molecular weight excluding hydrogens is 641 g/mol. The Morgan fingerprint density at radius 2 is 1.45 bits per heavy atom. The maximum absolute atomic E-state index is 12.5. The molecule has 7 heteroatoms. The number of ether oxygens (including phenoxy) is 2. The lowest BCUT2D eigenvalue weighted by atomic mass is 9.60. The van der Waals surface area contributed by atoms with E-state index in [9.17, 15) is 5.11 Å². The van der Waals surface area contributed by atoms with Gasteiger partial charge < -0.3 is 23.4 Å². The van der Waals surface area contributed by atoms with Crippen LogP contribution in [0.4, 0.5) is 0 Å². The molecule has 0 spiro atoms. The van der Waals surface area contributed by atoms with Crippen molar-refractivity contribution in [3.63, 3.8) is 0 Å². The van der Waals surface area contributed by atoms with Crippen LogP contribution in [0.15, 0.2) is 23.3 Å². The fourth-order valence-corrected chi connectivity index (χ4v) is 11.5. The SMILES string of the molecule is CCC1(O)[C@@H](O[Si](C)(C)C(C)(C)C)CC(=C/C=C2\CCCC3(C)C2CCC3[C@H](C)CCCC(C)(C)OCOC)C[C@H]1O[Si](C)(C)C(C)(C)C. The normalized spacial score (nSPS) is 32.9. The molecule has 0 bridgehead atoms. The molecule has 0 aromatic rings. The van der Waals surface area contributed by atoms with Gasteiger partial charge in [0, 0.05) is 7.11 Å². The molecule has 0 saturated heterocycles. The highest BCUT2D eigenvalue weighted by molar-refractivity contribution is 6.74. The Labute approximate surface area is 306 Å². The van der Waals surface area contributed by atoms with Gasteiger partial charge in [0.1, 0.15) is 12.4 Å². The van der Waals surface area contributed by atoms with E-state index in [2.05, 4.69) is 115 Å². The molecule has 0 heterocycles. The van der Waals surface area contributed by atoms with Crippen LogP contribution in [0.1, 0.15) is 147 Å². The predicted molar refractivity (Wildman–Crippen MR) is 213 cm³/mol. The summed E-state index contributed by atoms with van der Waals surface area (Å²) >= 11 is 0. The number of hydrogen-bond acceptors (Lipinski definition) is 5. The molecule has 3 rings (SSSR count). The van der Waals surface area contributed by atoms with Crippen LogP contribution in [0.25, 0.3) is 0 Å². The molecule has 0 amide bonds. The fourth-order valence-electron chi connectivity index (χ4n) is 8.84. The molecule has 286 valence electrons. The standard InChI is InChI=1S/C42H80O5Si2/c1-17-42(43)36(46-48(13,14)38(3,4)5)28-32(29-37(42)47-49(15,16)39(6,7)8)22-23-33-21-19-27-41(11)34(24-25-35(33)41)31(2)20-18-26-40(9,10)45-30-44-12/h22-23,31,34-37,43H,17-21,24-30H2,1-16H3/b32-22?,33-23+/t31-,34?,35?,36-,37+,41?,42?/m1/s1. The Bertz CT molecular complexity index is 1100. The van der Waals surface area contributed by atoms with Gasteiger partial charge in [-0.1, -0.05) is 98.5 Å². The van der Waals surface area contributed by atoms with Gasteiger partial charge in [0.25, 0.3) is 0 Å². The second kappa shape index (κ2) is 16.0. The number of aliphatic hydroxyl groups is 1. The Hall–Kier alpha value is -0.286. The first kappa shape index (κ1) is 43.1. The number of methoxy groups -OCH3 is 1. The average Bonchev–Trinajstić information content (AvgIpc) is 3.33. The van der Waals surface area contributed by atoms with Gasteiger partial charge in [-0.15, -0.1) is 0 Å². The molecule has 3 aliphatic carbocycles. The Morgan fingerprint density at radius 3 is 1.94 bits per heavy atom. The fraction of sp³-hybridized carbons (Fsp3) is 0.905. The first-order chi connectivity index (χ1) is 22.3. The van der Waals surface area contributed by atoms with Gasteiger partial charge in [0.05, 0.1) is 17.8 Å². The molecule has 5 nitrogen and oxygen atoms in total. The van der Waals surface area contributed by atoms with Crippen molar-refractivity contribution in [2.24, 2.45) is 23.2 Å². The van der Waals surface area contributed by atoms with Gasteiger partial charge in [0.15, 0.2) is 16.6 Å². The molecule has 3 aliphatic rings. The molecule has 3 fully saturated rings. The highest BCUT2D eigenvalue weighted by Crippen LogP contribution is 2.60. The summed E-state index contributed by atoms with van der Waals surface area (Å²) < 4.78 is 25.4. The van der Waals surface area contributed by atoms with Crippen molar-refractivity contribution >= 4 is 16.6 Å². The number of hydrogen-bond donors (Lipinski definition) is 1. The van der Waals surface area contributed by atoms with Crippen molar-refractivity contribution in [1.29, 1.82) is 0 Å². The number of rotatable bonds is 14. The second-order valence-corrected chi connectivity index (χ2v) is 29.8. The van der Waals surface area contributed by atoms with Crippen molar-refractivity contribution in [2.45, 2.75) is 206 Å². The maximum atomic E-state index is 12.5. The third-order valence-electron chi connectivity index (χ3n) is 14.3. The van der Waals surface area contributed by atoms with Gasteiger partial charge in [-0.05, 0) is 131 Å². The first-order valence-corrected chi connectivity index (χ1v) is 25.7. The van der Waals surface area contributed by atoms with Crippen LogP contribution in [0.2, 0.25) is 36.3 Å². The lowest BCUT2D eigenvalue weighted by Gasteiger charge is -2.52. The quantitative estimate of drug-likeness (QED) is 0.143.